The SMILES string of the molecule is OC[C@H]1O[C@@H](OC[C@H]2O[C@@H](OC[C@H]3OC(O)[C@H](O)[C@@H](O)[C@H]3O)[C@H](O)[C@@H](O)[C@H]2O)[C@H](O)[C@@H](O)[C@H]1O. The van der Waals surface area contributed by atoms with Crippen molar-refractivity contribution in [1.29, 1.82) is 0 Å². The maximum absolute atomic E-state index is 10.2. The van der Waals surface area contributed by atoms with Crippen LogP contribution in [0.1, 0.15) is 0 Å². The molecule has 3 fully saturated rings. The van der Waals surface area contributed by atoms with Gasteiger partial charge in [0.2, 0.25) is 0 Å². The fourth-order valence-corrected chi connectivity index (χ4v) is 3.84. The first kappa shape index (κ1) is 27.9. The van der Waals surface area contributed by atoms with E-state index in [0.717, 1.165) is 0 Å². The molecule has 1 unspecified atom stereocenters. The van der Waals surface area contributed by atoms with Gasteiger partial charge < -0.3 is 79.9 Å². The van der Waals surface area contributed by atoms with Gasteiger partial charge in [-0.15, -0.1) is 0 Å². The van der Waals surface area contributed by atoms with E-state index in [4.69, 9.17) is 23.7 Å². The number of ether oxygens (including phenoxy) is 5. The summed E-state index contributed by atoms with van der Waals surface area (Å²) in [5.74, 6) is 0. The normalized spacial score (nSPS) is 52.5. The minimum Gasteiger partial charge on any atom is -0.394 e. The zero-order chi connectivity index (χ0) is 25.3. The van der Waals surface area contributed by atoms with Crippen LogP contribution in [0.25, 0.3) is 0 Å². The average molecular weight is 504 g/mol. The molecule has 3 aliphatic heterocycles. The molecule has 16 heteroatoms. The summed E-state index contributed by atoms with van der Waals surface area (Å²) in [4.78, 5) is 0. The van der Waals surface area contributed by atoms with Crippen molar-refractivity contribution >= 4 is 0 Å². The van der Waals surface area contributed by atoms with E-state index in [2.05, 4.69) is 0 Å². The third kappa shape index (κ3) is 5.68. The highest BCUT2D eigenvalue weighted by Crippen LogP contribution is 2.27. The number of rotatable bonds is 7. The van der Waals surface area contributed by atoms with Gasteiger partial charge in [-0.2, -0.15) is 0 Å². The van der Waals surface area contributed by atoms with E-state index in [9.17, 15) is 56.2 Å². The topological polar surface area (TPSA) is 269 Å². The second kappa shape index (κ2) is 11.6. The lowest BCUT2D eigenvalue weighted by Gasteiger charge is -2.43. The van der Waals surface area contributed by atoms with Crippen molar-refractivity contribution in [1.82, 2.24) is 0 Å². The van der Waals surface area contributed by atoms with E-state index in [-0.39, 0.29) is 0 Å². The van der Waals surface area contributed by atoms with E-state index < -0.39 is 112 Å². The minimum atomic E-state index is -1.82. The van der Waals surface area contributed by atoms with Crippen LogP contribution in [0.15, 0.2) is 0 Å². The van der Waals surface area contributed by atoms with Gasteiger partial charge in [0.05, 0.1) is 19.8 Å². The zero-order valence-corrected chi connectivity index (χ0v) is 17.7. The molecule has 0 bridgehead atoms. The largest absolute Gasteiger partial charge is 0.394 e. The molecule has 16 nitrogen and oxygen atoms in total. The summed E-state index contributed by atoms with van der Waals surface area (Å²) in [7, 11) is 0. The molecule has 0 aliphatic carbocycles. The van der Waals surface area contributed by atoms with Crippen LogP contribution in [0.3, 0.4) is 0 Å². The van der Waals surface area contributed by atoms with Crippen molar-refractivity contribution in [2.24, 2.45) is 0 Å². The molecule has 0 amide bonds. The third-order valence-electron chi connectivity index (χ3n) is 6.05. The Morgan fingerprint density at radius 3 is 1.29 bits per heavy atom. The Hall–Kier alpha value is -0.640. The fourth-order valence-electron chi connectivity index (χ4n) is 3.84. The molecule has 0 aromatic heterocycles. The van der Waals surface area contributed by atoms with Crippen molar-refractivity contribution in [2.45, 2.75) is 92.1 Å². The van der Waals surface area contributed by atoms with Crippen LogP contribution < -0.4 is 0 Å². The van der Waals surface area contributed by atoms with Crippen LogP contribution in [0.4, 0.5) is 0 Å². The van der Waals surface area contributed by atoms with E-state index in [1.54, 1.807) is 0 Å². The van der Waals surface area contributed by atoms with Crippen molar-refractivity contribution in [3.8, 4) is 0 Å². The molecule has 3 rings (SSSR count). The first-order chi connectivity index (χ1) is 16.0. The predicted molar refractivity (Wildman–Crippen MR) is 101 cm³/mol. The number of aliphatic hydroxyl groups is 11. The average Bonchev–Trinajstić information content (AvgIpc) is 2.82. The Kier molecular flexibility index (Phi) is 9.54. The van der Waals surface area contributed by atoms with Gasteiger partial charge in [-0.05, 0) is 0 Å². The molecule has 11 N–H and O–H groups in total. The predicted octanol–water partition coefficient (Wildman–Crippen LogP) is -7.57. The molecular weight excluding hydrogens is 472 g/mol. The number of aliphatic hydroxyl groups excluding tert-OH is 11. The van der Waals surface area contributed by atoms with Crippen molar-refractivity contribution in [3.63, 3.8) is 0 Å². The lowest BCUT2D eigenvalue weighted by molar-refractivity contribution is -0.340. The summed E-state index contributed by atoms with van der Waals surface area (Å²) in [5, 5.41) is 108. The van der Waals surface area contributed by atoms with Gasteiger partial charge in [0, 0.05) is 0 Å². The number of hydrogen-bond donors (Lipinski definition) is 11. The molecule has 3 aliphatic rings. The Balaban J connectivity index is 1.58. The van der Waals surface area contributed by atoms with Crippen LogP contribution in [0.5, 0.6) is 0 Å². The first-order valence-corrected chi connectivity index (χ1v) is 10.6. The quantitative estimate of drug-likeness (QED) is 0.154. The molecule has 0 saturated carbocycles. The molecule has 200 valence electrons. The molecule has 0 radical (unpaired) electrons. The summed E-state index contributed by atoms with van der Waals surface area (Å²) < 4.78 is 26.1. The van der Waals surface area contributed by atoms with Gasteiger partial charge >= 0.3 is 0 Å². The van der Waals surface area contributed by atoms with E-state index >= 15 is 0 Å². The summed E-state index contributed by atoms with van der Waals surface area (Å²) in [6, 6.07) is 0. The van der Waals surface area contributed by atoms with Gasteiger partial charge in [-0.25, -0.2) is 0 Å². The lowest BCUT2D eigenvalue weighted by Crippen LogP contribution is -2.62. The van der Waals surface area contributed by atoms with Gasteiger partial charge in [-0.1, -0.05) is 0 Å². The van der Waals surface area contributed by atoms with E-state index in [1.807, 2.05) is 0 Å². The molecule has 0 aromatic carbocycles. The van der Waals surface area contributed by atoms with Crippen LogP contribution >= 0.6 is 0 Å². The standard InChI is InChI=1S/C18H32O16/c19-1-4-7(20)11(24)14(27)17(33-4)31-3-6-9(22)12(25)15(28)18(34-6)30-2-5-8(21)10(23)13(26)16(29)32-5/h4-29H,1-3H2/t4-,5-,6-,7+,8+,9+,10+,11+,12+,13-,14-,15-,16?,17-,18-/m1/s1. The second-order valence-corrected chi connectivity index (χ2v) is 8.42. The molecule has 3 heterocycles. The van der Waals surface area contributed by atoms with Crippen LogP contribution in [-0.2, 0) is 23.7 Å². The zero-order valence-electron chi connectivity index (χ0n) is 17.7. The van der Waals surface area contributed by atoms with Crippen LogP contribution in [-0.4, -0.2) is 168 Å². The Labute approximate surface area is 192 Å². The molecular formula is C18H32O16. The molecule has 15 atom stereocenters. The van der Waals surface area contributed by atoms with Crippen molar-refractivity contribution in [2.75, 3.05) is 19.8 Å². The van der Waals surface area contributed by atoms with E-state index in [1.165, 1.54) is 0 Å². The van der Waals surface area contributed by atoms with Gasteiger partial charge in [0.1, 0.15) is 73.2 Å². The second-order valence-electron chi connectivity index (χ2n) is 8.42. The molecule has 0 spiro atoms. The minimum absolute atomic E-state index is 0.570. The maximum Gasteiger partial charge on any atom is 0.186 e. The van der Waals surface area contributed by atoms with Crippen LogP contribution in [0, 0.1) is 0 Å². The highest BCUT2D eigenvalue weighted by molar-refractivity contribution is 4.92. The maximum atomic E-state index is 10.2. The molecule has 0 aromatic rings. The highest BCUT2D eigenvalue weighted by atomic mass is 16.7. The lowest BCUT2D eigenvalue weighted by atomic mass is 9.98. The van der Waals surface area contributed by atoms with Crippen molar-refractivity contribution in [3.05, 3.63) is 0 Å². The van der Waals surface area contributed by atoms with E-state index in [0.29, 0.717) is 0 Å². The Morgan fingerprint density at radius 2 is 0.824 bits per heavy atom. The highest BCUT2D eigenvalue weighted by Gasteiger charge is 2.48. The summed E-state index contributed by atoms with van der Waals surface area (Å²) >= 11 is 0. The van der Waals surface area contributed by atoms with Crippen LogP contribution in [0.2, 0.25) is 0 Å². The third-order valence-corrected chi connectivity index (χ3v) is 6.05. The smallest absolute Gasteiger partial charge is 0.186 e. The summed E-state index contributed by atoms with van der Waals surface area (Å²) in [6.45, 7) is -1.84. The Bertz CT molecular complexity index is 639. The monoisotopic (exact) mass is 504 g/mol. The first-order valence-electron chi connectivity index (χ1n) is 10.6. The van der Waals surface area contributed by atoms with Gasteiger partial charge in [0.25, 0.3) is 0 Å². The van der Waals surface area contributed by atoms with Gasteiger partial charge in [0.15, 0.2) is 18.9 Å². The van der Waals surface area contributed by atoms with Crippen molar-refractivity contribution < 1.29 is 79.9 Å². The summed E-state index contributed by atoms with van der Waals surface area (Å²) in [5.41, 5.74) is 0. The summed E-state index contributed by atoms with van der Waals surface area (Å²) in [6.07, 6.45) is -24.4. The fraction of sp³-hybridized carbons (Fsp3) is 1.00. The molecule has 34 heavy (non-hydrogen) atoms. The Morgan fingerprint density at radius 1 is 0.441 bits per heavy atom. The molecule has 3 saturated heterocycles. The number of hydrogen-bond acceptors (Lipinski definition) is 16. The van der Waals surface area contributed by atoms with Gasteiger partial charge in [-0.3, -0.25) is 0 Å².